The van der Waals surface area contributed by atoms with E-state index >= 15 is 0 Å². The van der Waals surface area contributed by atoms with Crippen molar-refractivity contribution in [2.45, 2.75) is 57.8 Å². The molecule has 0 bridgehead atoms. The Bertz CT molecular complexity index is 767. The molecule has 2 aliphatic rings. The van der Waals surface area contributed by atoms with Gasteiger partial charge in [-0.15, -0.1) is 0 Å². The molecule has 1 aliphatic heterocycles. The molecule has 156 valence electrons. The maximum atomic E-state index is 12.5. The van der Waals surface area contributed by atoms with Crippen molar-refractivity contribution in [2.75, 3.05) is 18.4 Å². The van der Waals surface area contributed by atoms with Crippen molar-refractivity contribution in [1.29, 1.82) is 0 Å². The maximum Gasteiger partial charge on any atom is 0.224 e. The lowest BCUT2D eigenvalue weighted by Crippen LogP contribution is -2.39. The van der Waals surface area contributed by atoms with Crippen molar-refractivity contribution in [1.82, 2.24) is 10.5 Å². The number of nitrogens with zero attached hydrogens (tertiary/aromatic N) is 1. The number of benzene rings is 1. The van der Waals surface area contributed by atoms with Crippen molar-refractivity contribution in [3.8, 4) is 0 Å². The van der Waals surface area contributed by atoms with Gasteiger partial charge in [-0.3, -0.25) is 4.79 Å². The van der Waals surface area contributed by atoms with Gasteiger partial charge in [-0.25, -0.2) is 0 Å². The Labute approximate surface area is 173 Å². The Balaban J connectivity index is 1.31. The minimum Gasteiger partial charge on any atom is -0.361 e. The molecule has 1 amide bonds. The molecule has 2 heterocycles. The molecule has 2 aromatic rings. The normalized spacial score (nSPS) is 23.0. The summed E-state index contributed by atoms with van der Waals surface area (Å²) in [4.78, 5) is 12.5. The average molecular weight is 396 g/mol. The van der Waals surface area contributed by atoms with E-state index in [1.807, 2.05) is 30.3 Å². The lowest BCUT2D eigenvalue weighted by molar-refractivity contribution is -0.117. The Morgan fingerprint density at radius 1 is 1.07 bits per heavy atom. The van der Waals surface area contributed by atoms with E-state index in [1.165, 1.54) is 32.1 Å². The molecular formula is C24H33N3O2. The Morgan fingerprint density at radius 3 is 2.72 bits per heavy atom. The number of aromatic nitrogens is 1. The van der Waals surface area contributed by atoms with Gasteiger partial charge < -0.3 is 15.2 Å². The fourth-order valence-electron chi connectivity index (χ4n) is 4.95. The van der Waals surface area contributed by atoms with Crippen molar-refractivity contribution >= 4 is 11.6 Å². The molecule has 1 aromatic heterocycles. The van der Waals surface area contributed by atoms with Gasteiger partial charge in [-0.2, -0.15) is 0 Å². The second kappa shape index (κ2) is 10.1. The summed E-state index contributed by atoms with van der Waals surface area (Å²) in [6, 6.07) is 11.9. The van der Waals surface area contributed by atoms with Crippen LogP contribution in [0.5, 0.6) is 0 Å². The van der Waals surface area contributed by atoms with Gasteiger partial charge in [0, 0.05) is 24.6 Å². The summed E-state index contributed by atoms with van der Waals surface area (Å²) in [6.45, 7) is 1.92. The number of carbonyl (C=O) groups excluding carboxylic acids is 1. The zero-order valence-electron chi connectivity index (χ0n) is 17.2. The number of hydrogen-bond acceptors (Lipinski definition) is 4. The highest BCUT2D eigenvalue weighted by molar-refractivity contribution is 5.90. The van der Waals surface area contributed by atoms with Crippen LogP contribution in [0.25, 0.3) is 0 Å². The van der Waals surface area contributed by atoms with Gasteiger partial charge in [-0.1, -0.05) is 55.5 Å². The van der Waals surface area contributed by atoms with Gasteiger partial charge in [0.05, 0.1) is 5.69 Å². The standard InChI is InChI=1S/C24H33N3O2/c28-24(26-21-9-5-2-6-10-21)15-19-11-12-25-17-20(19)14-22-16-23(29-27-22)13-18-7-3-1-4-8-18/h2,5-6,9-10,16,18-20,25H,1,3-4,7-8,11-15,17H2,(H,26,28)/t19-,20-/m0/s1. The number of para-hydroxylation sites is 1. The van der Waals surface area contributed by atoms with Crippen LogP contribution in [0, 0.1) is 17.8 Å². The minimum absolute atomic E-state index is 0.103. The van der Waals surface area contributed by atoms with Crippen molar-refractivity contribution in [3.63, 3.8) is 0 Å². The minimum atomic E-state index is 0.103. The van der Waals surface area contributed by atoms with Crippen LogP contribution in [0.2, 0.25) is 0 Å². The summed E-state index contributed by atoms with van der Waals surface area (Å²) in [6.07, 6.45) is 10.2. The largest absolute Gasteiger partial charge is 0.361 e. The van der Waals surface area contributed by atoms with Crippen LogP contribution in [-0.4, -0.2) is 24.2 Å². The molecule has 1 saturated carbocycles. The highest BCUT2D eigenvalue weighted by atomic mass is 16.5. The Kier molecular flexibility index (Phi) is 6.99. The molecule has 2 N–H and O–H groups in total. The third-order valence-corrected chi connectivity index (χ3v) is 6.56. The molecule has 1 saturated heterocycles. The molecule has 29 heavy (non-hydrogen) atoms. The fraction of sp³-hybridized carbons (Fsp3) is 0.583. The molecule has 2 fully saturated rings. The second-order valence-corrected chi connectivity index (χ2v) is 8.83. The molecule has 1 aliphatic carbocycles. The number of rotatable bonds is 7. The summed E-state index contributed by atoms with van der Waals surface area (Å²) in [5, 5.41) is 10.9. The summed E-state index contributed by atoms with van der Waals surface area (Å²) in [5.74, 6) is 2.69. The highest BCUT2D eigenvalue weighted by Crippen LogP contribution is 2.29. The van der Waals surface area contributed by atoms with Crippen molar-refractivity contribution in [2.24, 2.45) is 17.8 Å². The van der Waals surface area contributed by atoms with Gasteiger partial charge in [0.15, 0.2) is 0 Å². The monoisotopic (exact) mass is 395 g/mol. The summed E-state index contributed by atoms with van der Waals surface area (Å²) >= 11 is 0. The molecule has 5 heteroatoms. The summed E-state index contributed by atoms with van der Waals surface area (Å²) < 4.78 is 5.65. The van der Waals surface area contributed by atoms with E-state index in [1.54, 1.807) is 0 Å². The first-order valence-electron chi connectivity index (χ1n) is 11.3. The molecule has 2 atom stereocenters. The smallest absolute Gasteiger partial charge is 0.224 e. The SMILES string of the molecule is O=C(C[C@@H]1CCNC[C@@H]1Cc1cc(CC2CCCCC2)on1)Nc1ccccc1. The van der Waals surface area contributed by atoms with E-state index in [0.29, 0.717) is 18.3 Å². The molecular weight excluding hydrogens is 362 g/mol. The van der Waals surface area contributed by atoms with Gasteiger partial charge in [-0.05, 0) is 55.8 Å². The lowest BCUT2D eigenvalue weighted by Gasteiger charge is -2.31. The van der Waals surface area contributed by atoms with Crippen LogP contribution in [0.4, 0.5) is 5.69 Å². The maximum absolute atomic E-state index is 12.5. The first-order chi connectivity index (χ1) is 14.3. The van der Waals surface area contributed by atoms with E-state index < -0.39 is 0 Å². The number of anilines is 1. The van der Waals surface area contributed by atoms with E-state index in [0.717, 1.165) is 55.4 Å². The number of piperidine rings is 1. The summed E-state index contributed by atoms with van der Waals surface area (Å²) in [7, 11) is 0. The predicted octanol–water partition coefficient (Wildman–Crippen LogP) is 4.59. The Hall–Kier alpha value is -2.14. The topological polar surface area (TPSA) is 67.2 Å². The van der Waals surface area contributed by atoms with Gasteiger partial charge in [0.25, 0.3) is 0 Å². The van der Waals surface area contributed by atoms with E-state index in [2.05, 4.69) is 21.9 Å². The molecule has 5 nitrogen and oxygen atoms in total. The predicted molar refractivity (Wildman–Crippen MR) is 115 cm³/mol. The highest BCUT2D eigenvalue weighted by Gasteiger charge is 2.28. The molecule has 4 rings (SSSR count). The van der Waals surface area contributed by atoms with E-state index in [9.17, 15) is 4.79 Å². The molecule has 0 spiro atoms. The Morgan fingerprint density at radius 2 is 1.90 bits per heavy atom. The van der Waals surface area contributed by atoms with Crippen molar-refractivity contribution in [3.05, 3.63) is 47.9 Å². The summed E-state index contributed by atoms with van der Waals surface area (Å²) in [5.41, 5.74) is 1.91. The van der Waals surface area contributed by atoms with E-state index in [4.69, 9.17) is 4.52 Å². The van der Waals surface area contributed by atoms with Crippen LogP contribution in [0.15, 0.2) is 40.9 Å². The molecule has 0 unspecified atom stereocenters. The van der Waals surface area contributed by atoms with Crippen LogP contribution in [0.1, 0.15) is 56.4 Å². The fourth-order valence-corrected chi connectivity index (χ4v) is 4.95. The zero-order valence-corrected chi connectivity index (χ0v) is 17.2. The number of hydrogen-bond donors (Lipinski definition) is 2. The average Bonchev–Trinajstić information content (AvgIpc) is 3.18. The van der Waals surface area contributed by atoms with Gasteiger partial charge in [0.1, 0.15) is 5.76 Å². The van der Waals surface area contributed by atoms with Crippen LogP contribution >= 0.6 is 0 Å². The molecule has 0 radical (unpaired) electrons. The lowest BCUT2D eigenvalue weighted by atomic mass is 9.81. The third kappa shape index (κ3) is 5.92. The van der Waals surface area contributed by atoms with E-state index in [-0.39, 0.29) is 5.91 Å². The van der Waals surface area contributed by atoms with Crippen molar-refractivity contribution < 1.29 is 9.32 Å². The number of nitrogens with one attached hydrogen (secondary N) is 2. The van der Waals surface area contributed by atoms with Crippen LogP contribution in [-0.2, 0) is 17.6 Å². The van der Waals surface area contributed by atoms with Gasteiger partial charge >= 0.3 is 0 Å². The van der Waals surface area contributed by atoms with Crippen LogP contribution in [0.3, 0.4) is 0 Å². The zero-order chi connectivity index (χ0) is 19.9. The molecule has 1 aromatic carbocycles. The van der Waals surface area contributed by atoms with Gasteiger partial charge in [0.2, 0.25) is 5.91 Å². The first-order valence-corrected chi connectivity index (χ1v) is 11.3. The second-order valence-electron chi connectivity index (χ2n) is 8.83. The third-order valence-electron chi connectivity index (χ3n) is 6.56. The quantitative estimate of drug-likeness (QED) is 0.719. The number of carbonyl (C=O) groups is 1. The number of amides is 1. The first kappa shape index (κ1) is 20.1. The van der Waals surface area contributed by atoms with Crippen LogP contribution < -0.4 is 10.6 Å².